The number of hydrogen-bond acceptors (Lipinski definition) is 3. The lowest BCUT2D eigenvalue weighted by Crippen LogP contribution is -2.41. The summed E-state index contributed by atoms with van der Waals surface area (Å²) < 4.78 is 5.59. The number of aliphatic imine (C=N–C) groups is 1. The third-order valence-corrected chi connectivity index (χ3v) is 4.04. The lowest BCUT2D eigenvalue weighted by Gasteiger charge is -2.30. The molecule has 0 bridgehead atoms. The zero-order chi connectivity index (χ0) is 16.3. The minimum absolute atomic E-state index is 0.483. The predicted octanol–water partition coefficient (Wildman–Crippen LogP) is 2.30. The lowest BCUT2D eigenvalue weighted by atomic mass is 9.85. The van der Waals surface area contributed by atoms with Crippen LogP contribution in [0, 0.1) is 5.92 Å². The molecule has 0 amide bonds. The van der Waals surface area contributed by atoms with Crippen molar-refractivity contribution in [3.05, 3.63) is 0 Å². The second kappa shape index (κ2) is 10.8. The molecule has 1 aliphatic rings. The summed E-state index contributed by atoms with van der Waals surface area (Å²) in [7, 11) is 0. The molecule has 0 aromatic rings. The van der Waals surface area contributed by atoms with Gasteiger partial charge in [0.1, 0.15) is 0 Å². The first-order chi connectivity index (χ1) is 10.6. The van der Waals surface area contributed by atoms with Crippen LogP contribution in [0.4, 0.5) is 0 Å². The Kier molecular flexibility index (Phi) is 9.48. The third kappa shape index (κ3) is 8.59. The topological polar surface area (TPSA) is 65.9 Å². The van der Waals surface area contributed by atoms with Crippen molar-refractivity contribution < 1.29 is 9.84 Å². The van der Waals surface area contributed by atoms with Crippen molar-refractivity contribution >= 4 is 5.96 Å². The summed E-state index contributed by atoms with van der Waals surface area (Å²) in [6.07, 6.45) is 6.29. The van der Waals surface area contributed by atoms with Crippen LogP contribution in [0.15, 0.2) is 4.99 Å². The van der Waals surface area contributed by atoms with Crippen molar-refractivity contribution in [1.29, 1.82) is 0 Å². The van der Waals surface area contributed by atoms with Gasteiger partial charge in [-0.3, -0.25) is 4.99 Å². The molecule has 130 valence electrons. The molecule has 1 aliphatic carbocycles. The van der Waals surface area contributed by atoms with E-state index in [1.165, 1.54) is 6.42 Å². The monoisotopic (exact) mass is 313 g/mol. The van der Waals surface area contributed by atoms with E-state index >= 15 is 0 Å². The molecule has 5 nitrogen and oxygen atoms in total. The number of aliphatic hydroxyl groups is 1. The Morgan fingerprint density at radius 2 is 1.91 bits per heavy atom. The molecule has 0 spiro atoms. The average Bonchev–Trinajstić information content (AvgIpc) is 2.48. The van der Waals surface area contributed by atoms with Gasteiger partial charge in [-0.25, -0.2) is 0 Å². The van der Waals surface area contributed by atoms with Crippen molar-refractivity contribution in [1.82, 2.24) is 10.6 Å². The molecule has 0 aromatic heterocycles. The molecule has 22 heavy (non-hydrogen) atoms. The maximum Gasteiger partial charge on any atom is 0.191 e. The summed E-state index contributed by atoms with van der Waals surface area (Å²) in [5, 5.41) is 17.0. The molecule has 1 saturated carbocycles. The standard InChI is InChI=1S/C17H35N3O2/c1-4-18-16(19-11-13-22-12-8-15(2)3)20-14-17(21)9-6-5-7-10-17/h15,21H,4-14H2,1-3H3,(H2,18,19,20). The molecular weight excluding hydrogens is 278 g/mol. The van der Waals surface area contributed by atoms with E-state index in [1.807, 2.05) is 6.92 Å². The minimum Gasteiger partial charge on any atom is -0.388 e. The molecular formula is C17H35N3O2. The van der Waals surface area contributed by atoms with Gasteiger partial charge in [0.05, 0.1) is 18.8 Å². The van der Waals surface area contributed by atoms with Crippen molar-refractivity contribution in [3.63, 3.8) is 0 Å². The van der Waals surface area contributed by atoms with E-state index in [-0.39, 0.29) is 0 Å². The van der Waals surface area contributed by atoms with Crippen LogP contribution in [-0.2, 0) is 4.74 Å². The lowest BCUT2D eigenvalue weighted by molar-refractivity contribution is 0.0131. The molecule has 1 fully saturated rings. The molecule has 0 radical (unpaired) electrons. The van der Waals surface area contributed by atoms with Gasteiger partial charge >= 0.3 is 0 Å². The fraction of sp³-hybridized carbons (Fsp3) is 0.941. The number of ether oxygens (including phenoxy) is 1. The second-order valence-electron chi connectivity index (χ2n) is 6.70. The van der Waals surface area contributed by atoms with Crippen LogP contribution in [0.5, 0.6) is 0 Å². The molecule has 5 heteroatoms. The molecule has 0 aliphatic heterocycles. The summed E-state index contributed by atoms with van der Waals surface area (Å²) in [5.41, 5.74) is -0.603. The van der Waals surface area contributed by atoms with E-state index in [4.69, 9.17) is 4.74 Å². The molecule has 0 heterocycles. The maximum absolute atomic E-state index is 10.5. The maximum atomic E-state index is 10.5. The highest BCUT2D eigenvalue weighted by atomic mass is 16.5. The number of hydrogen-bond donors (Lipinski definition) is 3. The number of guanidine groups is 1. The van der Waals surface area contributed by atoms with Crippen LogP contribution in [0.1, 0.15) is 59.3 Å². The van der Waals surface area contributed by atoms with Crippen LogP contribution >= 0.6 is 0 Å². The number of rotatable bonds is 9. The first-order valence-electron chi connectivity index (χ1n) is 8.88. The normalized spacial score (nSPS) is 18.5. The molecule has 0 atom stereocenters. The van der Waals surface area contributed by atoms with Gasteiger partial charge in [-0.15, -0.1) is 0 Å². The Bertz CT molecular complexity index is 313. The summed E-state index contributed by atoms with van der Waals surface area (Å²) in [6.45, 7) is 9.98. The molecule has 3 N–H and O–H groups in total. The van der Waals surface area contributed by atoms with Gasteiger partial charge in [0.15, 0.2) is 5.96 Å². The Morgan fingerprint density at radius 3 is 2.55 bits per heavy atom. The highest BCUT2D eigenvalue weighted by Crippen LogP contribution is 2.28. The Balaban J connectivity index is 2.26. The second-order valence-corrected chi connectivity index (χ2v) is 6.70. The average molecular weight is 313 g/mol. The molecule has 1 rings (SSSR count). The zero-order valence-electron chi connectivity index (χ0n) is 14.7. The fourth-order valence-electron chi connectivity index (χ4n) is 2.60. The van der Waals surface area contributed by atoms with E-state index in [2.05, 4.69) is 29.5 Å². The van der Waals surface area contributed by atoms with E-state index < -0.39 is 5.60 Å². The van der Waals surface area contributed by atoms with E-state index in [0.29, 0.717) is 19.1 Å². The molecule has 0 aromatic carbocycles. The summed E-state index contributed by atoms with van der Waals surface area (Å²) in [6, 6.07) is 0. The Hall–Kier alpha value is -0.810. The summed E-state index contributed by atoms with van der Waals surface area (Å²) in [5.74, 6) is 1.46. The predicted molar refractivity (Wildman–Crippen MR) is 92.3 cm³/mol. The Morgan fingerprint density at radius 1 is 1.18 bits per heavy atom. The molecule has 0 unspecified atom stereocenters. The van der Waals surface area contributed by atoms with E-state index in [9.17, 15) is 5.11 Å². The highest BCUT2D eigenvalue weighted by Gasteiger charge is 2.28. The van der Waals surface area contributed by atoms with Crippen LogP contribution in [-0.4, -0.2) is 49.5 Å². The van der Waals surface area contributed by atoms with Gasteiger partial charge in [-0.05, 0) is 32.1 Å². The summed E-state index contributed by atoms with van der Waals surface area (Å²) in [4.78, 5) is 4.54. The van der Waals surface area contributed by atoms with Gasteiger partial charge in [0, 0.05) is 19.7 Å². The van der Waals surface area contributed by atoms with Gasteiger partial charge in [-0.2, -0.15) is 0 Å². The van der Waals surface area contributed by atoms with Crippen molar-refractivity contribution in [2.75, 3.05) is 32.8 Å². The zero-order valence-corrected chi connectivity index (χ0v) is 14.7. The largest absolute Gasteiger partial charge is 0.388 e. The molecule has 0 saturated heterocycles. The van der Waals surface area contributed by atoms with Crippen molar-refractivity contribution in [2.24, 2.45) is 10.9 Å². The van der Waals surface area contributed by atoms with Gasteiger partial charge < -0.3 is 20.5 Å². The van der Waals surface area contributed by atoms with Gasteiger partial charge in [0.25, 0.3) is 0 Å². The van der Waals surface area contributed by atoms with Crippen LogP contribution in [0.3, 0.4) is 0 Å². The fourth-order valence-corrected chi connectivity index (χ4v) is 2.60. The van der Waals surface area contributed by atoms with E-state index in [0.717, 1.165) is 57.8 Å². The van der Waals surface area contributed by atoms with Crippen LogP contribution in [0.2, 0.25) is 0 Å². The Labute approximate surface area is 135 Å². The van der Waals surface area contributed by atoms with Crippen molar-refractivity contribution in [3.8, 4) is 0 Å². The first-order valence-corrected chi connectivity index (χ1v) is 8.88. The SMILES string of the molecule is CCNC(=NCC1(O)CCCCC1)NCCOCCC(C)C. The number of nitrogens with zero attached hydrogens (tertiary/aromatic N) is 1. The first kappa shape index (κ1) is 19.2. The quantitative estimate of drug-likeness (QED) is 0.347. The third-order valence-electron chi connectivity index (χ3n) is 4.04. The van der Waals surface area contributed by atoms with Gasteiger partial charge in [-0.1, -0.05) is 33.1 Å². The highest BCUT2D eigenvalue weighted by molar-refractivity contribution is 5.79. The summed E-state index contributed by atoms with van der Waals surface area (Å²) >= 11 is 0. The van der Waals surface area contributed by atoms with Crippen LogP contribution < -0.4 is 10.6 Å². The number of nitrogens with one attached hydrogen (secondary N) is 2. The van der Waals surface area contributed by atoms with Gasteiger partial charge in [0.2, 0.25) is 0 Å². The van der Waals surface area contributed by atoms with Crippen molar-refractivity contribution in [2.45, 2.75) is 64.9 Å². The minimum atomic E-state index is -0.603. The van der Waals surface area contributed by atoms with E-state index in [1.54, 1.807) is 0 Å². The smallest absolute Gasteiger partial charge is 0.191 e. The van der Waals surface area contributed by atoms with Crippen LogP contribution in [0.25, 0.3) is 0 Å².